The van der Waals surface area contributed by atoms with Gasteiger partial charge >= 0.3 is 0 Å². The van der Waals surface area contributed by atoms with Crippen LogP contribution in [0.4, 0.5) is 5.82 Å². The number of rotatable bonds is 3. The maximum Gasteiger partial charge on any atom is 0.272 e. The molecule has 1 aliphatic rings. The highest BCUT2D eigenvalue weighted by molar-refractivity contribution is 5.92. The molecule has 3 N–H and O–H groups in total. The highest BCUT2D eigenvalue weighted by Crippen LogP contribution is 2.27. The fourth-order valence-electron chi connectivity index (χ4n) is 2.73. The molecule has 104 valence electrons. The third-order valence-corrected chi connectivity index (χ3v) is 3.89. The van der Waals surface area contributed by atoms with Crippen LogP contribution in [0.5, 0.6) is 0 Å². The molecule has 2 rings (SSSR count). The van der Waals surface area contributed by atoms with Crippen molar-refractivity contribution in [3.05, 3.63) is 23.9 Å². The minimum Gasteiger partial charge on any atom is -0.337 e. The first-order valence-corrected chi connectivity index (χ1v) is 6.82. The molecule has 2 unspecified atom stereocenters. The van der Waals surface area contributed by atoms with E-state index in [1.165, 1.54) is 12.8 Å². The molecule has 0 aliphatic heterocycles. The summed E-state index contributed by atoms with van der Waals surface area (Å²) in [5, 5.41) is 0. The average molecular weight is 262 g/mol. The largest absolute Gasteiger partial charge is 0.337 e. The zero-order valence-corrected chi connectivity index (χ0v) is 11.6. The van der Waals surface area contributed by atoms with Gasteiger partial charge in [0.15, 0.2) is 0 Å². The molecule has 1 heterocycles. The van der Waals surface area contributed by atoms with Gasteiger partial charge in [0.25, 0.3) is 5.91 Å². The molecule has 5 nitrogen and oxygen atoms in total. The molecule has 0 saturated heterocycles. The lowest BCUT2D eigenvalue weighted by atomic mass is 9.86. The summed E-state index contributed by atoms with van der Waals surface area (Å²) >= 11 is 0. The second-order valence-corrected chi connectivity index (χ2v) is 5.39. The number of aromatic nitrogens is 1. The molecule has 2 atom stereocenters. The standard InChI is InChI=1S/C14H22N4O/c1-10-5-3-6-11(9-10)18(2)14(19)12-7-4-8-13(16-12)17-15/h4,7-8,10-11H,3,5-6,9,15H2,1-2H3,(H,16,17). The van der Waals surface area contributed by atoms with Crippen molar-refractivity contribution in [2.75, 3.05) is 12.5 Å². The van der Waals surface area contributed by atoms with Crippen LogP contribution in [0.25, 0.3) is 0 Å². The van der Waals surface area contributed by atoms with Crippen molar-refractivity contribution in [3.8, 4) is 0 Å². The van der Waals surface area contributed by atoms with E-state index >= 15 is 0 Å². The van der Waals surface area contributed by atoms with E-state index in [9.17, 15) is 4.79 Å². The molecule has 1 fully saturated rings. The maximum absolute atomic E-state index is 12.4. The van der Waals surface area contributed by atoms with Gasteiger partial charge < -0.3 is 10.3 Å². The molecular formula is C14H22N4O. The molecular weight excluding hydrogens is 240 g/mol. The van der Waals surface area contributed by atoms with Crippen LogP contribution < -0.4 is 11.3 Å². The first kappa shape index (κ1) is 13.8. The highest BCUT2D eigenvalue weighted by atomic mass is 16.2. The molecule has 5 heteroatoms. The Hall–Kier alpha value is -1.62. The number of carbonyl (C=O) groups is 1. The lowest BCUT2D eigenvalue weighted by molar-refractivity contribution is 0.0666. The molecule has 1 aliphatic carbocycles. The van der Waals surface area contributed by atoms with Crippen molar-refractivity contribution in [2.45, 2.75) is 38.6 Å². The first-order valence-electron chi connectivity index (χ1n) is 6.82. The molecule has 0 spiro atoms. The van der Waals surface area contributed by atoms with Gasteiger partial charge in [-0.25, -0.2) is 10.8 Å². The van der Waals surface area contributed by atoms with Gasteiger partial charge in [-0.3, -0.25) is 4.79 Å². The van der Waals surface area contributed by atoms with E-state index in [0.29, 0.717) is 23.5 Å². The van der Waals surface area contributed by atoms with Gasteiger partial charge in [-0.1, -0.05) is 25.8 Å². The van der Waals surface area contributed by atoms with Crippen LogP contribution in [0.15, 0.2) is 18.2 Å². The number of anilines is 1. The molecule has 0 radical (unpaired) electrons. The highest BCUT2D eigenvalue weighted by Gasteiger charge is 2.26. The van der Waals surface area contributed by atoms with E-state index < -0.39 is 0 Å². The van der Waals surface area contributed by atoms with Gasteiger partial charge in [0, 0.05) is 13.1 Å². The van der Waals surface area contributed by atoms with E-state index in [4.69, 9.17) is 5.84 Å². The van der Waals surface area contributed by atoms with Gasteiger partial charge in [-0.05, 0) is 30.9 Å². The van der Waals surface area contributed by atoms with Gasteiger partial charge in [0.05, 0.1) is 0 Å². The van der Waals surface area contributed by atoms with Crippen LogP contribution in [-0.4, -0.2) is 28.9 Å². The summed E-state index contributed by atoms with van der Waals surface area (Å²) in [7, 11) is 1.87. The normalized spacial score (nSPS) is 22.9. The van der Waals surface area contributed by atoms with Crippen LogP contribution in [0.2, 0.25) is 0 Å². The van der Waals surface area contributed by atoms with E-state index in [1.54, 1.807) is 18.2 Å². The van der Waals surface area contributed by atoms with E-state index in [2.05, 4.69) is 17.3 Å². The van der Waals surface area contributed by atoms with Crippen LogP contribution in [0.3, 0.4) is 0 Å². The summed E-state index contributed by atoms with van der Waals surface area (Å²) in [6.45, 7) is 2.25. The SMILES string of the molecule is CC1CCCC(N(C)C(=O)c2cccc(NN)n2)C1. The second kappa shape index (κ2) is 6.02. The van der Waals surface area contributed by atoms with Crippen LogP contribution >= 0.6 is 0 Å². The number of hydrazine groups is 1. The zero-order valence-electron chi connectivity index (χ0n) is 11.6. The lowest BCUT2D eigenvalue weighted by Crippen LogP contribution is -2.40. The number of hydrogen-bond acceptors (Lipinski definition) is 4. The predicted octanol–water partition coefficient (Wildman–Crippen LogP) is 2.02. The minimum atomic E-state index is -0.0313. The maximum atomic E-state index is 12.4. The van der Waals surface area contributed by atoms with E-state index in [-0.39, 0.29) is 5.91 Å². The van der Waals surface area contributed by atoms with Crippen molar-refractivity contribution >= 4 is 11.7 Å². The predicted molar refractivity (Wildman–Crippen MR) is 75.6 cm³/mol. The Kier molecular flexibility index (Phi) is 4.37. The first-order chi connectivity index (χ1) is 9.11. The van der Waals surface area contributed by atoms with Gasteiger partial charge in [0.1, 0.15) is 11.5 Å². The lowest BCUT2D eigenvalue weighted by Gasteiger charge is -2.34. The Morgan fingerprint density at radius 1 is 1.47 bits per heavy atom. The van der Waals surface area contributed by atoms with Crippen molar-refractivity contribution < 1.29 is 4.79 Å². The smallest absolute Gasteiger partial charge is 0.272 e. The molecule has 0 bridgehead atoms. The van der Waals surface area contributed by atoms with E-state index in [0.717, 1.165) is 12.8 Å². The van der Waals surface area contributed by atoms with Gasteiger partial charge in [-0.15, -0.1) is 0 Å². The summed E-state index contributed by atoms with van der Waals surface area (Å²) in [4.78, 5) is 18.4. The molecule has 19 heavy (non-hydrogen) atoms. The summed E-state index contributed by atoms with van der Waals surface area (Å²) in [6.07, 6.45) is 4.63. The summed E-state index contributed by atoms with van der Waals surface area (Å²) in [5.74, 6) is 6.49. The Labute approximate surface area is 114 Å². The fourth-order valence-corrected chi connectivity index (χ4v) is 2.73. The van der Waals surface area contributed by atoms with Crippen molar-refractivity contribution in [2.24, 2.45) is 11.8 Å². The third-order valence-electron chi connectivity index (χ3n) is 3.89. The average Bonchev–Trinajstić information content (AvgIpc) is 2.45. The summed E-state index contributed by atoms with van der Waals surface area (Å²) in [5.41, 5.74) is 2.91. The van der Waals surface area contributed by atoms with Crippen LogP contribution in [0.1, 0.15) is 43.1 Å². The fraction of sp³-hybridized carbons (Fsp3) is 0.571. The Morgan fingerprint density at radius 2 is 2.26 bits per heavy atom. The monoisotopic (exact) mass is 262 g/mol. The second-order valence-electron chi connectivity index (χ2n) is 5.39. The molecule has 1 aromatic rings. The number of nitrogens with one attached hydrogen (secondary N) is 1. The van der Waals surface area contributed by atoms with Crippen LogP contribution in [0, 0.1) is 5.92 Å². The zero-order chi connectivity index (χ0) is 13.8. The Bertz CT molecular complexity index is 449. The summed E-state index contributed by atoms with van der Waals surface area (Å²) < 4.78 is 0. The number of nitrogens with zero attached hydrogens (tertiary/aromatic N) is 2. The number of nitrogens with two attached hydrogens (primary N) is 1. The number of hydrogen-bond donors (Lipinski definition) is 2. The van der Waals surface area contributed by atoms with Crippen LogP contribution in [-0.2, 0) is 0 Å². The van der Waals surface area contributed by atoms with Crippen molar-refractivity contribution in [3.63, 3.8) is 0 Å². The summed E-state index contributed by atoms with van der Waals surface area (Å²) in [6, 6.07) is 5.57. The minimum absolute atomic E-state index is 0.0313. The number of carbonyl (C=O) groups excluding carboxylic acids is 1. The van der Waals surface area contributed by atoms with Crippen molar-refractivity contribution in [1.82, 2.24) is 9.88 Å². The Morgan fingerprint density at radius 3 is 2.95 bits per heavy atom. The molecule has 0 aromatic carbocycles. The number of amides is 1. The van der Waals surface area contributed by atoms with E-state index in [1.807, 2.05) is 11.9 Å². The van der Waals surface area contributed by atoms with Crippen molar-refractivity contribution in [1.29, 1.82) is 0 Å². The number of pyridine rings is 1. The Balaban J connectivity index is 2.09. The topological polar surface area (TPSA) is 71.2 Å². The molecule has 1 aromatic heterocycles. The number of nitrogen functional groups attached to an aromatic ring is 1. The molecule has 1 amide bonds. The quantitative estimate of drug-likeness (QED) is 0.646. The molecule has 1 saturated carbocycles. The van der Waals surface area contributed by atoms with Gasteiger partial charge in [-0.2, -0.15) is 0 Å². The van der Waals surface area contributed by atoms with Gasteiger partial charge in [0.2, 0.25) is 0 Å². The third kappa shape index (κ3) is 3.23.